The van der Waals surface area contributed by atoms with E-state index in [9.17, 15) is 4.79 Å². The summed E-state index contributed by atoms with van der Waals surface area (Å²) in [5.41, 5.74) is 6.00. The number of hydrogen-bond acceptors (Lipinski definition) is 3. The van der Waals surface area contributed by atoms with Crippen LogP contribution in [0.2, 0.25) is 10.0 Å². The van der Waals surface area contributed by atoms with Gasteiger partial charge in [0.05, 0.1) is 12.8 Å². The number of amides is 1. The molecular formula is C26H23Cl2N3O2. The molecular weight excluding hydrogens is 457 g/mol. The standard InChI is InChI=1S/C26H23Cl2N3O2/c1-2-13-33-22-11-8-18(9-12-22)26(32)30-29-15-20-17-31(25-6-4-3-5-23(20)25)16-19-7-10-21(27)14-24(19)28/h3-12,14-15,17H,2,13,16H2,1H3,(H,30,32)/b29-15+. The van der Waals surface area contributed by atoms with E-state index in [1.165, 1.54) is 0 Å². The third kappa shape index (κ3) is 5.56. The number of halogens is 2. The first-order valence-electron chi connectivity index (χ1n) is 10.6. The molecule has 0 radical (unpaired) electrons. The van der Waals surface area contributed by atoms with Crippen molar-refractivity contribution in [1.82, 2.24) is 9.99 Å². The van der Waals surface area contributed by atoms with E-state index in [0.29, 0.717) is 28.8 Å². The maximum Gasteiger partial charge on any atom is 0.271 e. The number of benzene rings is 3. The first-order valence-corrected chi connectivity index (χ1v) is 11.4. The van der Waals surface area contributed by atoms with Crippen molar-refractivity contribution in [3.8, 4) is 5.75 Å². The minimum Gasteiger partial charge on any atom is -0.494 e. The SMILES string of the molecule is CCCOc1ccc(C(=O)N/N=C/c2cn(Cc3ccc(Cl)cc3Cl)c3ccccc23)cc1. The van der Waals surface area contributed by atoms with E-state index in [-0.39, 0.29) is 5.91 Å². The molecule has 1 amide bonds. The summed E-state index contributed by atoms with van der Waals surface area (Å²) in [7, 11) is 0. The van der Waals surface area contributed by atoms with E-state index >= 15 is 0 Å². The highest BCUT2D eigenvalue weighted by molar-refractivity contribution is 6.35. The quantitative estimate of drug-likeness (QED) is 0.230. The zero-order valence-electron chi connectivity index (χ0n) is 18.1. The third-order valence-corrected chi connectivity index (χ3v) is 5.72. The number of hydrazone groups is 1. The molecule has 4 aromatic rings. The van der Waals surface area contributed by atoms with Crippen molar-refractivity contribution in [2.45, 2.75) is 19.9 Å². The van der Waals surface area contributed by atoms with Gasteiger partial charge in [-0.2, -0.15) is 5.10 Å². The smallest absolute Gasteiger partial charge is 0.271 e. The van der Waals surface area contributed by atoms with E-state index in [1.54, 1.807) is 36.5 Å². The number of nitrogens with one attached hydrogen (secondary N) is 1. The lowest BCUT2D eigenvalue weighted by Crippen LogP contribution is -2.17. The van der Waals surface area contributed by atoms with Crippen molar-refractivity contribution < 1.29 is 9.53 Å². The van der Waals surface area contributed by atoms with Crippen molar-refractivity contribution in [3.63, 3.8) is 0 Å². The van der Waals surface area contributed by atoms with Crippen molar-refractivity contribution >= 4 is 46.2 Å². The molecule has 0 aliphatic heterocycles. The van der Waals surface area contributed by atoms with E-state index in [2.05, 4.69) is 15.1 Å². The molecule has 7 heteroatoms. The average molecular weight is 480 g/mol. The Morgan fingerprint density at radius 3 is 2.64 bits per heavy atom. The lowest BCUT2D eigenvalue weighted by molar-refractivity contribution is 0.0955. The van der Waals surface area contributed by atoms with E-state index < -0.39 is 0 Å². The molecule has 0 saturated carbocycles. The summed E-state index contributed by atoms with van der Waals surface area (Å²) in [6, 6.07) is 20.5. The molecule has 0 aliphatic rings. The van der Waals surface area contributed by atoms with Crippen molar-refractivity contribution in [1.29, 1.82) is 0 Å². The van der Waals surface area contributed by atoms with Crippen molar-refractivity contribution in [2.24, 2.45) is 5.10 Å². The van der Waals surface area contributed by atoms with Crippen LogP contribution in [0, 0.1) is 0 Å². The molecule has 5 nitrogen and oxygen atoms in total. The first kappa shape index (κ1) is 22.9. The number of para-hydroxylation sites is 1. The average Bonchev–Trinajstić information content (AvgIpc) is 3.17. The number of fused-ring (bicyclic) bond motifs is 1. The topological polar surface area (TPSA) is 55.6 Å². The molecule has 1 N–H and O–H groups in total. The molecule has 4 rings (SSSR count). The molecule has 0 atom stereocenters. The second-order valence-electron chi connectivity index (χ2n) is 7.54. The summed E-state index contributed by atoms with van der Waals surface area (Å²) in [6.07, 6.45) is 4.57. The zero-order valence-corrected chi connectivity index (χ0v) is 19.6. The van der Waals surface area contributed by atoms with Gasteiger partial charge in [0.2, 0.25) is 0 Å². The van der Waals surface area contributed by atoms with E-state index in [0.717, 1.165) is 34.2 Å². The van der Waals surface area contributed by atoms with Crippen LogP contribution in [0.25, 0.3) is 10.9 Å². The van der Waals surface area contributed by atoms with E-state index in [1.807, 2.05) is 49.5 Å². The number of rotatable bonds is 8. The van der Waals surface area contributed by atoms with Gasteiger partial charge in [0.15, 0.2) is 0 Å². The molecule has 0 spiro atoms. The van der Waals surface area contributed by atoms with Crippen LogP contribution in [0.4, 0.5) is 0 Å². The van der Waals surface area contributed by atoms with Gasteiger partial charge in [0.1, 0.15) is 5.75 Å². The Labute approximate surface area is 202 Å². The Morgan fingerprint density at radius 1 is 1.09 bits per heavy atom. The summed E-state index contributed by atoms with van der Waals surface area (Å²) in [5.74, 6) is 0.454. The monoisotopic (exact) mass is 479 g/mol. The second kappa shape index (κ2) is 10.6. The fraction of sp³-hybridized carbons (Fsp3) is 0.154. The highest BCUT2D eigenvalue weighted by Gasteiger charge is 2.10. The van der Waals surface area contributed by atoms with E-state index in [4.69, 9.17) is 27.9 Å². The van der Waals surface area contributed by atoms with Crippen LogP contribution in [0.1, 0.15) is 34.8 Å². The number of carbonyl (C=O) groups excluding carboxylic acids is 1. The lowest BCUT2D eigenvalue weighted by Gasteiger charge is -2.08. The van der Waals surface area contributed by atoms with Crippen LogP contribution < -0.4 is 10.2 Å². The second-order valence-corrected chi connectivity index (χ2v) is 8.38. The molecule has 0 saturated heterocycles. The van der Waals surface area contributed by atoms with Crippen LogP contribution in [0.5, 0.6) is 5.75 Å². The molecule has 3 aromatic carbocycles. The summed E-state index contributed by atoms with van der Waals surface area (Å²) in [6.45, 7) is 3.28. The summed E-state index contributed by atoms with van der Waals surface area (Å²) in [5, 5.41) is 6.43. The minimum atomic E-state index is -0.287. The van der Waals surface area contributed by atoms with Crippen molar-refractivity contribution in [2.75, 3.05) is 6.61 Å². The Kier molecular flexibility index (Phi) is 7.33. The van der Waals surface area contributed by atoms with Gasteiger partial charge in [-0.1, -0.05) is 54.4 Å². The normalized spacial score (nSPS) is 11.2. The maximum absolute atomic E-state index is 12.4. The number of carbonyl (C=O) groups is 1. The van der Waals surface area contributed by atoms with Gasteiger partial charge in [0.25, 0.3) is 5.91 Å². The molecule has 33 heavy (non-hydrogen) atoms. The number of nitrogens with zero attached hydrogens (tertiary/aromatic N) is 2. The Morgan fingerprint density at radius 2 is 1.88 bits per heavy atom. The molecule has 0 unspecified atom stereocenters. The van der Waals surface area contributed by atoms with Crippen LogP contribution in [-0.4, -0.2) is 23.3 Å². The number of hydrogen-bond donors (Lipinski definition) is 1. The highest BCUT2D eigenvalue weighted by atomic mass is 35.5. The van der Waals surface area contributed by atoms with Crippen LogP contribution in [0.3, 0.4) is 0 Å². The largest absolute Gasteiger partial charge is 0.494 e. The third-order valence-electron chi connectivity index (χ3n) is 5.13. The summed E-state index contributed by atoms with van der Waals surface area (Å²) >= 11 is 12.4. The lowest BCUT2D eigenvalue weighted by atomic mass is 10.2. The zero-order chi connectivity index (χ0) is 23.2. The van der Waals surface area contributed by atoms with Gasteiger partial charge in [0, 0.05) is 44.8 Å². The molecule has 1 aromatic heterocycles. The predicted octanol–water partition coefficient (Wildman–Crippen LogP) is 6.55. The van der Waals surface area contributed by atoms with Gasteiger partial charge in [-0.25, -0.2) is 5.43 Å². The van der Waals surface area contributed by atoms with Gasteiger partial charge in [-0.05, 0) is 54.4 Å². The molecule has 168 valence electrons. The summed E-state index contributed by atoms with van der Waals surface area (Å²) in [4.78, 5) is 12.4. The van der Waals surface area contributed by atoms with Crippen LogP contribution in [0.15, 0.2) is 78.0 Å². The molecule has 0 bridgehead atoms. The van der Waals surface area contributed by atoms with Crippen LogP contribution in [-0.2, 0) is 6.54 Å². The fourth-order valence-electron chi connectivity index (χ4n) is 3.49. The van der Waals surface area contributed by atoms with Crippen LogP contribution >= 0.6 is 23.2 Å². The van der Waals surface area contributed by atoms with Crippen molar-refractivity contribution in [3.05, 3.63) is 99.7 Å². The predicted molar refractivity (Wildman–Crippen MR) is 135 cm³/mol. The molecule has 1 heterocycles. The number of ether oxygens (including phenoxy) is 1. The van der Waals surface area contributed by atoms with Gasteiger partial charge in [-0.3, -0.25) is 4.79 Å². The summed E-state index contributed by atoms with van der Waals surface area (Å²) < 4.78 is 7.65. The minimum absolute atomic E-state index is 0.287. The first-order chi connectivity index (χ1) is 16.0. The Bertz CT molecular complexity index is 1300. The highest BCUT2D eigenvalue weighted by Crippen LogP contribution is 2.25. The maximum atomic E-state index is 12.4. The fourth-order valence-corrected chi connectivity index (χ4v) is 3.96. The van der Waals surface area contributed by atoms with Gasteiger partial charge in [-0.15, -0.1) is 0 Å². The Balaban J connectivity index is 1.50. The number of aromatic nitrogens is 1. The van der Waals surface area contributed by atoms with Gasteiger partial charge < -0.3 is 9.30 Å². The Hall–Kier alpha value is -3.28. The molecule has 0 aliphatic carbocycles. The molecule has 0 fully saturated rings. The van der Waals surface area contributed by atoms with Gasteiger partial charge >= 0.3 is 0 Å².